The molecule has 0 atom stereocenters. The Hall–Kier alpha value is -2.26. The Labute approximate surface area is 121 Å². The van der Waals surface area contributed by atoms with Gasteiger partial charge in [-0.1, -0.05) is 0 Å². The summed E-state index contributed by atoms with van der Waals surface area (Å²) in [5.41, 5.74) is 0.790. The zero-order valence-corrected chi connectivity index (χ0v) is 12.1. The molecule has 2 rings (SSSR count). The van der Waals surface area contributed by atoms with Crippen LogP contribution in [0.4, 0.5) is 11.4 Å². The van der Waals surface area contributed by atoms with Crippen LogP contribution in [0.2, 0.25) is 0 Å². The fourth-order valence-corrected chi connectivity index (χ4v) is 2.46. The number of aromatic nitrogens is 1. The van der Waals surface area contributed by atoms with E-state index in [1.807, 2.05) is 0 Å². The van der Waals surface area contributed by atoms with E-state index in [0.29, 0.717) is 11.1 Å². The molecule has 0 unspecified atom stereocenters. The third-order valence-electron chi connectivity index (χ3n) is 2.94. The molecule has 0 aliphatic heterocycles. The molecule has 0 amide bonds. The van der Waals surface area contributed by atoms with E-state index in [2.05, 4.69) is 15.0 Å². The highest BCUT2D eigenvalue weighted by Gasteiger charge is 2.15. The van der Waals surface area contributed by atoms with Gasteiger partial charge in [0.15, 0.2) is 0 Å². The van der Waals surface area contributed by atoms with E-state index >= 15 is 0 Å². The number of anilines is 1. The topological polar surface area (TPSA) is 114 Å². The summed E-state index contributed by atoms with van der Waals surface area (Å²) in [6.45, 7) is 0.185. The van der Waals surface area contributed by atoms with Crippen LogP contribution >= 0.6 is 0 Å². The summed E-state index contributed by atoms with van der Waals surface area (Å²) in [7, 11) is -1.95. The maximum atomic E-state index is 11.3. The Morgan fingerprint density at radius 2 is 2.10 bits per heavy atom. The monoisotopic (exact) mass is 310 g/mol. The van der Waals surface area contributed by atoms with E-state index < -0.39 is 14.9 Å². The lowest BCUT2D eigenvalue weighted by atomic mass is 10.1. The average molecular weight is 310 g/mol. The number of nitro groups is 1. The largest absolute Gasteiger partial charge is 0.383 e. The number of pyridine rings is 1. The van der Waals surface area contributed by atoms with Crippen molar-refractivity contribution >= 4 is 32.3 Å². The molecular weight excluding hydrogens is 296 g/mol. The summed E-state index contributed by atoms with van der Waals surface area (Å²) in [6, 6.07) is 6.27. The number of rotatable bonds is 6. The molecule has 9 heteroatoms. The van der Waals surface area contributed by atoms with Crippen molar-refractivity contribution in [2.75, 3.05) is 24.7 Å². The molecule has 1 heterocycles. The van der Waals surface area contributed by atoms with Crippen molar-refractivity contribution < 1.29 is 13.3 Å². The minimum absolute atomic E-state index is 0.0843. The van der Waals surface area contributed by atoms with Crippen LogP contribution < -0.4 is 10.0 Å². The molecule has 21 heavy (non-hydrogen) atoms. The number of fused-ring (bicyclic) bond motifs is 1. The lowest BCUT2D eigenvalue weighted by molar-refractivity contribution is -0.383. The van der Waals surface area contributed by atoms with Crippen LogP contribution in [0, 0.1) is 10.1 Å². The molecule has 2 N–H and O–H groups in total. The van der Waals surface area contributed by atoms with E-state index in [9.17, 15) is 18.5 Å². The molecule has 1 aromatic heterocycles. The first kappa shape index (κ1) is 15.1. The van der Waals surface area contributed by atoms with Crippen molar-refractivity contribution in [3.8, 4) is 0 Å². The minimum Gasteiger partial charge on any atom is -0.383 e. The van der Waals surface area contributed by atoms with Crippen molar-refractivity contribution in [1.82, 2.24) is 9.71 Å². The molecule has 0 saturated carbocycles. The molecule has 0 spiro atoms. The molecule has 2 aromatic rings. The van der Waals surface area contributed by atoms with Crippen LogP contribution in [-0.4, -0.2) is 37.7 Å². The first-order valence-corrected chi connectivity index (χ1v) is 7.77. The van der Waals surface area contributed by atoms with E-state index in [1.54, 1.807) is 18.2 Å². The van der Waals surface area contributed by atoms with Gasteiger partial charge in [-0.25, -0.2) is 18.1 Å². The van der Waals surface area contributed by atoms with Crippen LogP contribution in [0.25, 0.3) is 10.9 Å². The number of nitrogens with zero attached hydrogens (tertiary/aromatic N) is 2. The predicted molar refractivity (Wildman–Crippen MR) is 79.7 cm³/mol. The molecule has 112 valence electrons. The molecule has 0 aliphatic carbocycles. The summed E-state index contributed by atoms with van der Waals surface area (Å²) < 4.78 is 24.9. The van der Waals surface area contributed by atoms with Crippen molar-refractivity contribution in [2.45, 2.75) is 0 Å². The van der Waals surface area contributed by atoms with Crippen LogP contribution in [0.5, 0.6) is 0 Å². The quantitative estimate of drug-likeness (QED) is 0.610. The fraction of sp³-hybridized carbons (Fsp3) is 0.250. The number of sulfonamides is 1. The number of benzene rings is 1. The van der Waals surface area contributed by atoms with Crippen LogP contribution in [0.1, 0.15) is 0 Å². The van der Waals surface area contributed by atoms with Gasteiger partial charge in [0.25, 0.3) is 5.69 Å². The maximum absolute atomic E-state index is 11.3. The Bertz CT molecular complexity index is 776. The molecule has 0 aliphatic rings. The summed E-state index contributed by atoms with van der Waals surface area (Å²) in [5.74, 6) is -0.0950. The fourth-order valence-electron chi connectivity index (χ4n) is 1.88. The number of nitrogens with one attached hydrogen (secondary N) is 2. The van der Waals surface area contributed by atoms with Gasteiger partial charge in [0.2, 0.25) is 10.0 Å². The Morgan fingerprint density at radius 3 is 2.76 bits per heavy atom. The average Bonchev–Trinajstić information content (AvgIpc) is 2.47. The number of hydrogen-bond acceptors (Lipinski definition) is 6. The molecule has 0 radical (unpaired) electrons. The van der Waals surface area contributed by atoms with Gasteiger partial charge in [0.05, 0.1) is 10.7 Å². The first-order valence-electron chi connectivity index (χ1n) is 6.12. The molecule has 0 bridgehead atoms. The van der Waals surface area contributed by atoms with E-state index in [4.69, 9.17) is 0 Å². The Kier molecular flexibility index (Phi) is 4.34. The highest BCUT2D eigenvalue weighted by Crippen LogP contribution is 2.29. The highest BCUT2D eigenvalue weighted by atomic mass is 32.2. The van der Waals surface area contributed by atoms with Gasteiger partial charge in [0, 0.05) is 29.9 Å². The molecule has 8 nitrogen and oxygen atoms in total. The Balaban J connectivity index is 2.30. The zero-order valence-electron chi connectivity index (χ0n) is 11.2. The SMILES string of the molecule is CNS(=O)(=O)CCNc1ccc([N+](=O)[O-])c2ncccc12. The molecule has 0 saturated heterocycles. The third-order valence-corrected chi connectivity index (χ3v) is 4.31. The first-order chi connectivity index (χ1) is 9.94. The van der Waals surface area contributed by atoms with Gasteiger partial charge in [0.1, 0.15) is 5.52 Å². The lowest BCUT2D eigenvalue weighted by Gasteiger charge is -2.09. The smallest absolute Gasteiger partial charge is 0.295 e. The van der Waals surface area contributed by atoms with Gasteiger partial charge in [-0.3, -0.25) is 10.1 Å². The molecule has 1 aromatic carbocycles. The summed E-state index contributed by atoms with van der Waals surface area (Å²) in [6.07, 6.45) is 1.48. The van der Waals surface area contributed by atoms with Crippen LogP contribution in [0.15, 0.2) is 30.5 Å². The van der Waals surface area contributed by atoms with Crippen molar-refractivity contribution in [3.63, 3.8) is 0 Å². The minimum atomic E-state index is -3.30. The summed E-state index contributed by atoms with van der Waals surface area (Å²) in [5, 5.41) is 14.5. The normalized spacial score (nSPS) is 11.5. The summed E-state index contributed by atoms with van der Waals surface area (Å²) in [4.78, 5) is 14.5. The second-order valence-electron chi connectivity index (χ2n) is 4.24. The summed E-state index contributed by atoms with van der Waals surface area (Å²) >= 11 is 0. The number of nitro benzene ring substituents is 1. The molecular formula is C12H14N4O4S. The van der Waals surface area contributed by atoms with E-state index in [-0.39, 0.29) is 23.5 Å². The standard InChI is InChI=1S/C12H14N4O4S/c1-13-21(19,20)8-7-14-10-4-5-11(16(17)18)12-9(10)3-2-6-15-12/h2-6,13-14H,7-8H2,1H3. The van der Waals surface area contributed by atoms with Crippen molar-refractivity contribution in [1.29, 1.82) is 0 Å². The van der Waals surface area contributed by atoms with Gasteiger partial charge >= 0.3 is 0 Å². The lowest BCUT2D eigenvalue weighted by Crippen LogP contribution is -2.26. The zero-order chi connectivity index (χ0) is 15.5. The van der Waals surface area contributed by atoms with Crippen molar-refractivity contribution in [2.24, 2.45) is 0 Å². The third kappa shape index (κ3) is 3.44. The van der Waals surface area contributed by atoms with Gasteiger partial charge in [-0.2, -0.15) is 0 Å². The number of non-ortho nitro benzene ring substituents is 1. The Morgan fingerprint density at radius 1 is 1.33 bits per heavy atom. The highest BCUT2D eigenvalue weighted by molar-refractivity contribution is 7.89. The molecule has 0 fully saturated rings. The van der Waals surface area contributed by atoms with Crippen LogP contribution in [0.3, 0.4) is 0 Å². The van der Waals surface area contributed by atoms with E-state index in [1.165, 1.54) is 19.3 Å². The number of hydrogen-bond donors (Lipinski definition) is 2. The van der Waals surface area contributed by atoms with E-state index in [0.717, 1.165) is 0 Å². The second-order valence-corrected chi connectivity index (χ2v) is 6.28. The maximum Gasteiger partial charge on any atom is 0.295 e. The second kappa shape index (κ2) is 6.02. The predicted octanol–water partition coefficient (Wildman–Crippen LogP) is 1.10. The van der Waals surface area contributed by atoms with Gasteiger partial charge in [-0.15, -0.1) is 0 Å². The van der Waals surface area contributed by atoms with Gasteiger partial charge in [-0.05, 0) is 25.2 Å². The van der Waals surface area contributed by atoms with Crippen molar-refractivity contribution in [3.05, 3.63) is 40.6 Å². The van der Waals surface area contributed by atoms with Crippen LogP contribution in [-0.2, 0) is 10.0 Å². The van der Waals surface area contributed by atoms with Gasteiger partial charge < -0.3 is 5.32 Å².